The van der Waals surface area contributed by atoms with Gasteiger partial charge in [-0.05, 0) is 6.07 Å². The standard InChI is InChI=1S/C15H19FN4O2/c16-14-4-2-1-3-13(14)15(21)9-19-5-6-22-12(7-19)8-20-11-17-10-18-20/h1-4,10-12,15,21H,5-9H2/t12-,15-/m0/s1. The molecule has 1 aliphatic rings. The smallest absolute Gasteiger partial charge is 0.137 e. The first kappa shape index (κ1) is 15.1. The number of hydrogen-bond acceptors (Lipinski definition) is 5. The topological polar surface area (TPSA) is 63.4 Å². The second-order valence-corrected chi connectivity index (χ2v) is 5.41. The Bertz CT molecular complexity index is 593. The van der Waals surface area contributed by atoms with Crippen molar-refractivity contribution in [2.75, 3.05) is 26.2 Å². The number of rotatable bonds is 5. The summed E-state index contributed by atoms with van der Waals surface area (Å²) in [7, 11) is 0. The van der Waals surface area contributed by atoms with Crippen molar-refractivity contribution in [2.24, 2.45) is 0 Å². The molecule has 0 bridgehead atoms. The zero-order valence-electron chi connectivity index (χ0n) is 12.2. The molecule has 1 saturated heterocycles. The van der Waals surface area contributed by atoms with E-state index in [9.17, 15) is 9.50 Å². The lowest BCUT2D eigenvalue weighted by molar-refractivity contribution is -0.0489. The number of halogens is 1. The molecule has 2 heterocycles. The summed E-state index contributed by atoms with van der Waals surface area (Å²) in [6.45, 7) is 2.98. The number of β-amino-alcohol motifs (C(OH)–C–C–N with tert-alkyl or cyclic N) is 1. The van der Waals surface area contributed by atoms with Crippen LogP contribution in [0.15, 0.2) is 36.9 Å². The van der Waals surface area contributed by atoms with Crippen molar-refractivity contribution in [3.8, 4) is 0 Å². The largest absolute Gasteiger partial charge is 0.387 e. The van der Waals surface area contributed by atoms with Gasteiger partial charge in [-0.15, -0.1) is 0 Å². The Balaban J connectivity index is 1.57. The van der Waals surface area contributed by atoms with Crippen molar-refractivity contribution < 1.29 is 14.2 Å². The van der Waals surface area contributed by atoms with Gasteiger partial charge in [0.15, 0.2) is 0 Å². The Morgan fingerprint density at radius 3 is 3.05 bits per heavy atom. The molecular formula is C15H19FN4O2. The first-order valence-electron chi connectivity index (χ1n) is 7.31. The summed E-state index contributed by atoms with van der Waals surface area (Å²) < 4.78 is 21.1. The minimum atomic E-state index is -0.841. The van der Waals surface area contributed by atoms with Crippen molar-refractivity contribution in [1.29, 1.82) is 0 Å². The maximum Gasteiger partial charge on any atom is 0.137 e. The van der Waals surface area contributed by atoms with Gasteiger partial charge in [-0.2, -0.15) is 5.10 Å². The third kappa shape index (κ3) is 3.68. The van der Waals surface area contributed by atoms with Gasteiger partial charge in [-0.1, -0.05) is 18.2 Å². The van der Waals surface area contributed by atoms with E-state index in [0.717, 1.165) is 6.54 Å². The molecule has 6 nitrogen and oxygen atoms in total. The average Bonchev–Trinajstić information content (AvgIpc) is 3.01. The zero-order chi connectivity index (χ0) is 15.4. The van der Waals surface area contributed by atoms with E-state index in [4.69, 9.17) is 4.74 Å². The van der Waals surface area contributed by atoms with Gasteiger partial charge in [0.25, 0.3) is 0 Å². The molecule has 2 aromatic rings. The van der Waals surface area contributed by atoms with Crippen LogP contribution in [-0.2, 0) is 11.3 Å². The molecule has 0 radical (unpaired) electrons. The van der Waals surface area contributed by atoms with E-state index in [-0.39, 0.29) is 11.9 Å². The highest BCUT2D eigenvalue weighted by molar-refractivity contribution is 5.20. The fourth-order valence-corrected chi connectivity index (χ4v) is 2.68. The highest BCUT2D eigenvalue weighted by Crippen LogP contribution is 2.19. The second-order valence-electron chi connectivity index (χ2n) is 5.41. The number of ether oxygens (including phenoxy) is 1. The molecule has 1 aromatic heterocycles. The van der Waals surface area contributed by atoms with E-state index >= 15 is 0 Å². The molecule has 7 heteroatoms. The van der Waals surface area contributed by atoms with Crippen molar-refractivity contribution in [3.05, 3.63) is 48.3 Å². The van der Waals surface area contributed by atoms with Crippen LogP contribution in [0, 0.1) is 5.82 Å². The van der Waals surface area contributed by atoms with Crippen LogP contribution in [0.3, 0.4) is 0 Å². The number of aromatic nitrogens is 3. The second kappa shape index (κ2) is 6.95. The van der Waals surface area contributed by atoms with Crippen LogP contribution in [-0.4, -0.2) is 57.1 Å². The lowest BCUT2D eigenvalue weighted by Crippen LogP contribution is -2.45. The maximum absolute atomic E-state index is 13.7. The predicted molar refractivity (Wildman–Crippen MR) is 77.6 cm³/mol. The van der Waals surface area contributed by atoms with Gasteiger partial charge in [-0.25, -0.2) is 9.37 Å². The minimum Gasteiger partial charge on any atom is -0.387 e. The summed E-state index contributed by atoms with van der Waals surface area (Å²) in [6.07, 6.45) is 2.29. The van der Waals surface area contributed by atoms with Gasteiger partial charge < -0.3 is 9.84 Å². The van der Waals surface area contributed by atoms with E-state index in [1.165, 1.54) is 12.4 Å². The van der Waals surface area contributed by atoms with E-state index in [1.54, 1.807) is 29.2 Å². The maximum atomic E-state index is 13.7. The molecule has 118 valence electrons. The molecule has 1 aliphatic heterocycles. The van der Waals surface area contributed by atoms with Crippen molar-refractivity contribution in [2.45, 2.75) is 18.8 Å². The normalized spacial score (nSPS) is 20.9. The fraction of sp³-hybridized carbons (Fsp3) is 0.467. The third-order valence-corrected chi connectivity index (χ3v) is 3.78. The number of aliphatic hydroxyl groups is 1. The summed E-state index contributed by atoms with van der Waals surface area (Å²) in [5, 5.41) is 14.3. The van der Waals surface area contributed by atoms with Crippen LogP contribution in [0.25, 0.3) is 0 Å². The predicted octanol–water partition coefficient (Wildman–Crippen LogP) is 0.852. The van der Waals surface area contributed by atoms with Gasteiger partial charge in [-0.3, -0.25) is 9.58 Å². The Hall–Kier alpha value is -1.83. The highest BCUT2D eigenvalue weighted by atomic mass is 19.1. The van der Waals surface area contributed by atoms with E-state index in [1.807, 2.05) is 0 Å². The average molecular weight is 306 g/mol. The van der Waals surface area contributed by atoms with Gasteiger partial charge in [0.05, 0.1) is 25.4 Å². The molecule has 0 saturated carbocycles. The van der Waals surface area contributed by atoms with Gasteiger partial charge in [0.1, 0.15) is 18.5 Å². The van der Waals surface area contributed by atoms with Gasteiger partial charge in [0, 0.05) is 25.2 Å². The van der Waals surface area contributed by atoms with E-state index in [2.05, 4.69) is 15.0 Å². The summed E-state index contributed by atoms with van der Waals surface area (Å²) in [5.74, 6) is -0.373. The molecular weight excluding hydrogens is 287 g/mol. The van der Waals surface area contributed by atoms with Crippen LogP contribution in [0.4, 0.5) is 4.39 Å². The third-order valence-electron chi connectivity index (χ3n) is 3.78. The Morgan fingerprint density at radius 2 is 2.27 bits per heavy atom. The summed E-state index contributed by atoms with van der Waals surface area (Å²) in [5.41, 5.74) is 0.335. The number of hydrogen-bond donors (Lipinski definition) is 1. The first-order valence-corrected chi connectivity index (χ1v) is 7.31. The van der Waals surface area contributed by atoms with Crippen LogP contribution in [0.5, 0.6) is 0 Å². The Labute approximate surface area is 128 Å². The summed E-state index contributed by atoms with van der Waals surface area (Å²) >= 11 is 0. The molecule has 0 unspecified atom stereocenters. The van der Waals surface area contributed by atoms with Gasteiger partial charge in [0.2, 0.25) is 0 Å². The molecule has 2 atom stereocenters. The fourth-order valence-electron chi connectivity index (χ4n) is 2.68. The monoisotopic (exact) mass is 306 g/mol. The van der Waals surface area contributed by atoms with Gasteiger partial charge >= 0.3 is 0 Å². The molecule has 0 spiro atoms. The van der Waals surface area contributed by atoms with E-state index in [0.29, 0.717) is 31.8 Å². The van der Waals surface area contributed by atoms with Crippen LogP contribution >= 0.6 is 0 Å². The first-order chi connectivity index (χ1) is 10.7. The molecule has 22 heavy (non-hydrogen) atoms. The SMILES string of the molecule is O[C@@H](CN1CCO[C@H](Cn2cncn2)C1)c1ccccc1F. The van der Waals surface area contributed by atoms with Crippen LogP contribution < -0.4 is 0 Å². The molecule has 1 N–H and O–H groups in total. The summed E-state index contributed by atoms with van der Waals surface area (Å²) in [4.78, 5) is 5.99. The Morgan fingerprint density at radius 1 is 1.41 bits per heavy atom. The highest BCUT2D eigenvalue weighted by Gasteiger charge is 2.24. The number of aliphatic hydroxyl groups excluding tert-OH is 1. The van der Waals surface area contributed by atoms with E-state index < -0.39 is 6.10 Å². The van der Waals surface area contributed by atoms with Crippen molar-refractivity contribution in [3.63, 3.8) is 0 Å². The lowest BCUT2D eigenvalue weighted by Gasteiger charge is -2.34. The molecule has 1 aromatic carbocycles. The number of morpholine rings is 1. The van der Waals surface area contributed by atoms with Crippen molar-refractivity contribution in [1.82, 2.24) is 19.7 Å². The molecule has 0 amide bonds. The quantitative estimate of drug-likeness (QED) is 0.887. The Kier molecular flexibility index (Phi) is 4.77. The number of nitrogens with zero attached hydrogens (tertiary/aromatic N) is 4. The minimum absolute atomic E-state index is 0.0109. The molecule has 0 aliphatic carbocycles. The zero-order valence-corrected chi connectivity index (χ0v) is 12.2. The van der Waals surface area contributed by atoms with Crippen LogP contribution in [0.1, 0.15) is 11.7 Å². The lowest BCUT2D eigenvalue weighted by atomic mass is 10.1. The molecule has 3 rings (SSSR count). The summed E-state index contributed by atoms with van der Waals surface area (Å²) in [6, 6.07) is 6.33. The molecule has 1 fully saturated rings. The van der Waals surface area contributed by atoms with Crippen molar-refractivity contribution >= 4 is 0 Å². The van der Waals surface area contributed by atoms with Crippen LogP contribution in [0.2, 0.25) is 0 Å². The number of benzene rings is 1.